The first-order valence-corrected chi connectivity index (χ1v) is 8.93. The second kappa shape index (κ2) is 8.83. The lowest BCUT2D eigenvalue weighted by Crippen LogP contribution is -2.36. The summed E-state index contributed by atoms with van der Waals surface area (Å²) in [6, 6.07) is 12.9. The summed E-state index contributed by atoms with van der Waals surface area (Å²) in [5, 5.41) is 14.3. The highest BCUT2D eigenvalue weighted by molar-refractivity contribution is 6.39. The van der Waals surface area contributed by atoms with Gasteiger partial charge in [-0.15, -0.1) is 0 Å². The minimum absolute atomic E-state index is 0.171. The lowest BCUT2D eigenvalue weighted by atomic mass is 10.1. The van der Waals surface area contributed by atoms with Crippen molar-refractivity contribution in [3.63, 3.8) is 0 Å². The van der Waals surface area contributed by atoms with Crippen LogP contribution in [0.2, 0.25) is 0 Å². The zero-order chi connectivity index (χ0) is 20.8. The van der Waals surface area contributed by atoms with Crippen molar-refractivity contribution in [2.24, 2.45) is 7.05 Å². The zero-order valence-electron chi connectivity index (χ0n) is 15.8. The van der Waals surface area contributed by atoms with E-state index in [1.807, 2.05) is 0 Å². The second-order valence-electron chi connectivity index (χ2n) is 6.39. The predicted molar refractivity (Wildman–Crippen MR) is 107 cm³/mol. The van der Waals surface area contributed by atoms with Gasteiger partial charge in [0.1, 0.15) is 5.75 Å². The van der Waals surface area contributed by atoms with Gasteiger partial charge in [-0.1, -0.05) is 12.1 Å². The Labute approximate surface area is 167 Å². The van der Waals surface area contributed by atoms with Crippen LogP contribution in [0.25, 0.3) is 0 Å². The van der Waals surface area contributed by atoms with Gasteiger partial charge in [-0.3, -0.25) is 14.4 Å². The molecule has 0 spiro atoms. The number of aromatic nitrogens is 2. The third-order valence-corrected chi connectivity index (χ3v) is 4.27. The van der Waals surface area contributed by atoms with Gasteiger partial charge in [-0.05, 0) is 48.4 Å². The number of phenolic OH excluding ortho intramolecular Hbond substituents is 1. The van der Waals surface area contributed by atoms with E-state index in [2.05, 4.69) is 15.6 Å². The second-order valence-corrected chi connectivity index (χ2v) is 6.39. The van der Waals surface area contributed by atoms with Crippen molar-refractivity contribution in [2.45, 2.75) is 6.42 Å². The molecule has 0 atom stereocenters. The summed E-state index contributed by atoms with van der Waals surface area (Å²) in [5.74, 6) is -1.29. The van der Waals surface area contributed by atoms with Crippen LogP contribution in [0, 0.1) is 0 Å². The SMILES string of the molecule is Cn1ccnc1C(=O)c1ccc(NC(=O)C(=O)NCCc2ccc(O)cc2)cc1. The van der Waals surface area contributed by atoms with E-state index in [1.165, 1.54) is 0 Å². The Hall–Kier alpha value is -3.94. The van der Waals surface area contributed by atoms with Gasteiger partial charge in [0, 0.05) is 37.2 Å². The highest BCUT2D eigenvalue weighted by Gasteiger charge is 2.15. The molecule has 0 fully saturated rings. The fourth-order valence-corrected chi connectivity index (χ4v) is 2.67. The number of hydrogen-bond acceptors (Lipinski definition) is 5. The van der Waals surface area contributed by atoms with E-state index >= 15 is 0 Å². The minimum Gasteiger partial charge on any atom is -0.508 e. The molecule has 3 aromatic rings. The molecule has 1 aromatic heterocycles. The molecule has 1 heterocycles. The molecule has 0 saturated carbocycles. The Morgan fingerprint density at radius 3 is 2.31 bits per heavy atom. The number of nitrogens with zero attached hydrogens (tertiary/aromatic N) is 2. The van der Waals surface area contributed by atoms with Crippen LogP contribution in [0.1, 0.15) is 21.7 Å². The Bertz CT molecular complexity index is 1020. The van der Waals surface area contributed by atoms with Gasteiger partial charge in [0.2, 0.25) is 5.78 Å². The molecule has 0 aliphatic carbocycles. The van der Waals surface area contributed by atoms with E-state index in [1.54, 1.807) is 72.5 Å². The molecule has 2 amide bonds. The average Bonchev–Trinajstić information content (AvgIpc) is 3.15. The number of ketones is 1. The fourth-order valence-electron chi connectivity index (χ4n) is 2.67. The highest BCUT2D eigenvalue weighted by Crippen LogP contribution is 2.13. The van der Waals surface area contributed by atoms with Crippen LogP contribution in [0.5, 0.6) is 5.75 Å². The molecule has 3 N–H and O–H groups in total. The molecule has 0 aliphatic heterocycles. The molecule has 0 radical (unpaired) electrons. The third-order valence-electron chi connectivity index (χ3n) is 4.27. The predicted octanol–water partition coefficient (Wildman–Crippen LogP) is 1.65. The van der Waals surface area contributed by atoms with Gasteiger partial charge in [0.25, 0.3) is 0 Å². The molecule has 0 unspecified atom stereocenters. The molecule has 3 rings (SSSR count). The van der Waals surface area contributed by atoms with Crippen LogP contribution in [0.4, 0.5) is 5.69 Å². The first-order valence-electron chi connectivity index (χ1n) is 8.93. The maximum atomic E-state index is 12.4. The van der Waals surface area contributed by atoms with Crippen molar-refractivity contribution in [1.82, 2.24) is 14.9 Å². The fraction of sp³-hybridized carbons (Fsp3) is 0.143. The normalized spacial score (nSPS) is 10.4. The smallest absolute Gasteiger partial charge is 0.313 e. The summed E-state index contributed by atoms with van der Waals surface area (Å²) >= 11 is 0. The summed E-state index contributed by atoms with van der Waals surface area (Å²) in [6.07, 6.45) is 3.76. The lowest BCUT2D eigenvalue weighted by molar-refractivity contribution is -0.136. The van der Waals surface area contributed by atoms with Crippen LogP contribution in [-0.2, 0) is 23.1 Å². The van der Waals surface area contributed by atoms with Crippen molar-refractivity contribution in [2.75, 3.05) is 11.9 Å². The summed E-state index contributed by atoms with van der Waals surface area (Å²) < 4.78 is 1.63. The lowest BCUT2D eigenvalue weighted by Gasteiger charge is -2.08. The maximum absolute atomic E-state index is 12.4. The summed E-state index contributed by atoms with van der Waals surface area (Å²) in [7, 11) is 1.73. The molecule has 8 nitrogen and oxygen atoms in total. The van der Waals surface area contributed by atoms with Gasteiger partial charge in [-0.2, -0.15) is 0 Å². The number of aryl methyl sites for hydroxylation is 1. The molecule has 0 aliphatic rings. The first kappa shape index (κ1) is 19.8. The summed E-state index contributed by atoms with van der Waals surface area (Å²) in [5.41, 5.74) is 1.76. The molecular formula is C21H20N4O4. The van der Waals surface area contributed by atoms with Crippen molar-refractivity contribution in [3.05, 3.63) is 77.9 Å². The van der Waals surface area contributed by atoms with Gasteiger partial charge in [0.15, 0.2) is 5.82 Å². The molecule has 29 heavy (non-hydrogen) atoms. The maximum Gasteiger partial charge on any atom is 0.313 e. The average molecular weight is 392 g/mol. The number of carbonyl (C=O) groups is 3. The summed E-state index contributed by atoms with van der Waals surface area (Å²) in [6.45, 7) is 0.286. The van der Waals surface area contributed by atoms with Crippen molar-refractivity contribution >= 4 is 23.3 Å². The van der Waals surface area contributed by atoms with Crippen LogP contribution in [0.15, 0.2) is 60.9 Å². The van der Waals surface area contributed by atoms with Crippen molar-refractivity contribution in [1.29, 1.82) is 0 Å². The quantitative estimate of drug-likeness (QED) is 0.436. The molecular weight excluding hydrogens is 372 g/mol. The third kappa shape index (κ3) is 5.07. The molecule has 8 heteroatoms. The van der Waals surface area contributed by atoms with E-state index in [9.17, 15) is 19.5 Å². The number of hydrogen-bond donors (Lipinski definition) is 3. The van der Waals surface area contributed by atoms with Crippen molar-refractivity contribution < 1.29 is 19.5 Å². The van der Waals surface area contributed by atoms with Crippen molar-refractivity contribution in [3.8, 4) is 5.75 Å². The molecule has 148 valence electrons. The van der Waals surface area contributed by atoms with E-state index in [4.69, 9.17) is 0 Å². The van der Waals surface area contributed by atoms with Gasteiger partial charge in [0.05, 0.1) is 0 Å². The number of phenols is 1. The van der Waals surface area contributed by atoms with E-state index in [0.717, 1.165) is 5.56 Å². The molecule has 0 bridgehead atoms. The standard InChI is InChI=1S/C21H20N4O4/c1-25-13-12-22-19(25)18(27)15-4-6-16(7-5-15)24-21(29)20(28)23-11-10-14-2-8-17(26)9-3-14/h2-9,12-13,26H,10-11H2,1H3,(H,23,28)(H,24,29). The largest absolute Gasteiger partial charge is 0.508 e. The van der Waals surface area contributed by atoms with E-state index < -0.39 is 11.8 Å². The van der Waals surface area contributed by atoms with Crippen LogP contribution >= 0.6 is 0 Å². The minimum atomic E-state index is -0.793. The topological polar surface area (TPSA) is 113 Å². The van der Waals surface area contributed by atoms with Gasteiger partial charge < -0.3 is 20.3 Å². The van der Waals surface area contributed by atoms with E-state index in [-0.39, 0.29) is 18.1 Å². The number of amides is 2. The number of imidazole rings is 1. The van der Waals surface area contributed by atoms with Crippen LogP contribution < -0.4 is 10.6 Å². The van der Waals surface area contributed by atoms with Gasteiger partial charge >= 0.3 is 11.8 Å². The number of benzene rings is 2. The Morgan fingerprint density at radius 2 is 1.69 bits per heavy atom. The number of nitrogens with one attached hydrogen (secondary N) is 2. The Kier molecular flexibility index (Phi) is 6.03. The Balaban J connectivity index is 1.50. The molecule has 0 saturated heterocycles. The monoisotopic (exact) mass is 392 g/mol. The van der Waals surface area contributed by atoms with E-state index in [0.29, 0.717) is 23.5 Å². The number of rotatable bonds is 6. The Morgan fingerprint density at radius 1 is 1.00 bits per heavy atom. The number of carbonyl (C=O) groups excluding carboxylic acids is 3. The number of aromatic hydroxyl groups is 1. The van der Waals surface area contributed by atoms with Crippen LogP contribution in [0.3, 0.4) is 0 Å². The first-order chi connectivity index (χ1) is 13.9. The van der Waals surface area contributed by atoms with Crippen LogP contribution in [-0.4, -0.2) is 38.8 Å². The number of anilines is 1. The molecule has 2 aromatic carbocycles. The zero-order valence-corrected chi connectivity index (χ0v) is 15.8. The van der Waals surface area contributed by atoms with Gasteiger partial charge in [-0.25, -0.2) is 4.98 Å². The summed E-state index contributed by atoms with van der Waals surface area (Å²) in [4.78, 5) is 40.3. The highest BCUT2D eigenvalue weighted by atomic mass is 16.3.